The first kappa shape index (κ1) is 15.0. The Bertz CT molecular complexity index is 422. The number of benzene rings is 1. The predicted molar refractivity (Wildman–Crippen MR) is 70.8 cm³/mol. The van der Waals surface area contributed by atoms with Gasteiger partial charge in [0.2, 0.25) is 0 Å². The normalized spacial score (nSPS) is 11.4. The van der Waals surface area contributed by atoms with Gasteiger partial charge >= 0.3 is 0 Å². The molecule has 0 saturated carbocycles. The van der Waals surface area contributed by atoms with Gasteiger partial charge in [0.25, 0.3) is 5.91 Å². The van der Waals surface area contributed by atoms with Crippen LogP contribution in [0, 0.1) is 6.92 Å². The highest BCUT2D eigenvalue weighted by Crippen LogP contribution is 2.17. The van der Waals surface area contributed by atoms with Crippen LogP contribution in [0.1, 0.15) is 29.3 Å². The number of halogens is 1. The Kier molecular flexibility index (Phi) is 5.14. The van der Waals surface area contributed by atoms with Gasteiger partial charge in [-0.3, -0.25) is 4.79 Å². The fraction of sp³-hybridized carbons (Fsp3) is 0.462. The number of aliphatic hydroxyl groups excluding tert-OH is 2. The molecule has 1 rings (SSSR count). The summed E-state index contributed by atoms with van der Waals surface area (Å²) in [5.74, 6) is -0.347. The number of aryl methyl sites for hydroxylation is 1. The lowest BCUT2D eigenvalue weighted by atomic mass is 9.97. The minimum atomic E-state index is -0.994. The van der Waals surface area contributed by atoms with E-state index in [0.29, 0.717) is 17.0 Å². The lowest BCUT2D eigenvalue weighted by Gasteiger charge is -2.30. The van der Waals surface area contributed by atoms with Crippen LogP contribution in [-0.4, -0.2) is 34.9 Å². The molecular formula is C13H18ClNO3. The van der Waals surface area contributed by atoms with Crippen LogP contribution in [-0.2, 0) is 0 Å². The zero-order valence-corrected chi connectivity index (χ0v) is 11.3. The minimum absolute atomic E-state index is 0.314. The maximum absolute atomic E-state index is 12.1. The van der Waals surface area contributed by atoms with Gasteiger partial charge in [-0.15, -0.1) is 0 Å². The molecule has 0 heterocycles. The van der Waals surface area contributed by atoms with Crippen LogP contribution in [0.25, 0.3) is 0 Å². The quantitative estimate of drug-likeness (QED) is 0.760. The monoisotopic (exact) mass is 271 g/mol. The topological polar surface area (TPSA) is 69.6 Å². The van der Waals surface area contributed by atoms with Crippen molar-refractivity contribution in [2.75, 3.05) is 13.2 Å². The van der Waals surface area contributed by atoms with E-state index >= 15 is 0 Å². The molecule has 3 N–H and O–H groups in total. The van der Waals surface area contributed by atoms with Crippen LogP contribution >= 0.6 is 11.6 Å². The van der Waals surface area contributed by atoms with Gasteiger partial charge in [-0.2, -0.15) is 0 Å². The highest BCUT2D eigenvalue weighted by atomic mass is 35.5. The van der Waals surface area contributed by atoms with Gasteiger partial charge < -0.3 is 15.5 Å². The molecule has 0 fully saturated rings. The van der Waals surface area contributed by atoms with E-state index in [1.807, 2.05) is 0 Å². The predicted octanol–water partition coefficient (Wildman–Crippen LogP) is 1.51. The summed E-state index contributed by atoms with van der Waals surface area (Å²) in [4.78, 5) is 12.1. The van der Waals surface area contributed by atoms with Crippen molar-refractivity contribution in [1.29, 1.82) is 0 Å². The summed E-state index contributed by atoms with van der Waals surface area (Å²) in [7, 11) is 0. The molecular weight excluding hydrogens is 254 g/mol. The summed E-state index contributed by atoms with van der Waals surface area (Å²) in [5, 5.41) is 21.7. The van der Waals surface area contributed by atoms with Gasteiger partial charge in [0.05, 0.1) is 18.8 Å². The molecule has 5 heteroatoms. The molecule has 1 aromatic carbocycles. The largest absolute Gasteiger partial charge is 0.394 e. The van der Waals surface area contributed by atoms with E-state index in [2.05, 4.69) is 5.32 Å². The molecule has 0 aromatic heterocycles. The Balaban J connectivity index is 2.97. The van der Waals surface area contributed by atoms with Crippen molar-refractivity contribution in [3.05, 3.63) is 34.3 Å². The minimum Gasteiger partial charge on any atom is -0.394 e. The molecule has 0 atom stereocenters. The van der Waals surface area contributed by atoms with Gasteiger partial charge in [-0.25, -0.2) is 0 Å². The Morgan fingerprint density at radius 2 is 2.00 bits per heavy atom. The van der Waals surface area contributed by atoms with E-state index in [9.17, 15) is 15.0 Å². The maximum Gasteiger partial charge on any atom is 0.252 e. The summed E-state index contributed by atoms with van der Waals surface area (Å²) in [6.07, 6.45) is 0.436. The third-order valence-corrected chi connectivity index (χ3v) is 3.34. The van der Waals surface area contributed by atoms with Crippen molar-refractivity contribution >= 4 is 17.5 Å². The fourth-order valence-corrected chi connectivity index (χ4v) is 1.76. The summed E-state index contributed by atoms with van der Waals surface area (Å²) in [5.41, 5.74) is 0.242. The molecule has 1 aromatic rings. The molecule has 0 radical (unpaired) electrons. The first-order valence-electron chi connectivity index (χ1n) is 5.78. The Morgan fingerprint density at radius 3 is 2.50 bits per heavy atom. The molecule has 0 saturated heterocycles. The Morgan fingerprint density at radius 1 is 1.39 bits per heavy atom. The zero-order chi connectivity index (χ0) is 13.8. The summed E-state index contributed by atoms with van der Waals surface area (Å²) in [6.45, 7) is 2.96. The number of hydrogen-bond donors (Lipinski definition) is 3. The Hall–Kier alpha value is -1.10. The number of carbonyl (C=O) groups excluding carboxylic acids is 1. The molecule has 0 bridgehead atoms. The van der Waals surface area contributed by atoms with Crippen molar-refractivity contribution in [3.8, 4) is 0 Å². The van der Waals surface area contributed by atoms with Crippen molar-refractivity contribution in [2.45, 2.75) is 25.8 Å². The molecule has 18 heavy (non-hydrogen) atoms. The standard InChI is InChI=1S/C13H18ClNO3/c1-3-13(7-16,8-17)15-12(18)11-6-10(14)5-4-9(11)2/h4-6,16-17H,3,7-8H2,1-2H3,(H,15,18). The highest BCUT2D eigenvalue weighted by Gasteiger charge is 2.29. The van der Waals surface area contributed by atoms with Crippen LogP contribution in [0.5, 0.6) is 0 Å². The Labute approximate surface area is 112 Å². The summed E-state index contributed by atoms with van der Waals surface area (Å²) in [6, 6.07) is 5.03. The van der Waals surface area contributed by atoms with Crippen LogP contribution in [0.15, 0.2) is 18.2 Å². The molecule has 100 valence electrons. The molecule has 1 amide bonds. The van der Waals surface area contributed by atoms with E-state index in [0.717, 1.165) is 5.56 Å². The lowest BCUT2D eigenvalue weighted by molar-refractivity contribution is 0.0652. The van der Waals surface area contributed by atoms with Crippen LogP contribution in [0.4, 0.5) is 0 Å². The number of rotatable bonds is 5. The highest BCUT2D eigenvalue weighted by molar-refractivity contribution is 6.31. The number of nitrogens with one attached hydrogen (secondary N) is 1. The second kappa shape index (κ2) is 6.18. The SMILES string of the molecule is CCC(CO)(CO)NC(=O)c1cc(Cl)ccc1C. The smallest absolute Gasteiger partial charge is 0.252 e. The summed E-state index contributed by atoms with van der Waals surface area (Å²) >= 11 is 5.85. The number of carbonyl (C=O) groups is 1. The van der Waals surface area contributed by atoms with Crippen molar-refractivity contribution in [2.24, 2.45) is 0 Å². The number of hydrogen-bond acceptors (Lipinski definition) is 3. The third-order valence-electron chi connectivity index (χ3n) is 3.11. The van der Waals surface area contributed by atoms with Crippen LogP contribution in [0.2, 0.25) is 5.02 Å². The molecule has 0 unspecified atom stereocenters. The lowest BCUT2D eigenvalue weighted by Crippen LogP contribution is -2.53. The average Bonchev–Trinajstić information content (AvgIpc) is 2.38. The van der Waals surface area contributed by atoms with Crippen molar-refractivity contribution in [3.63, 3.8) is 0 Å². The van der Waals surface area contributed by atoms with Gasteiger partial charge in [0.1, 0.15) is 0 Å². The summed E-state index contributed by atoms with van der Waals surface area (Å²) < 4.78 is 0. The van der Waals surface area contributed by atoms with Gasteiger partial charge in [-0.1, -0.05) is 24.6 Å². The average molecular weight is 272 g/mol. The molecule has 0 aliphatic heterocycles. The van der Waals surface area contributed by atoms with Crippen LogP contribution in [0.3, 0.4) is 0 Å². The number of aliphatic hydroxyl groups is 2. The number of amides is 1. The van der Waals surface area contributed by atoms with Crippen molar-refractivity contribution in [1.82, 2.24) is 5.32 Å². The zero-order valence-electron chi connectivity index (χ0n) is 10.5. The van der Waals surface area contributed by atoms with Gasteiger partial charge in [0.15, 0.2) is 0 Å². The first-order valence-corrected chi connectivity index (χ1v) is 6.16. The first-order chi connectivity index (χ1) is 8.48. The van der Waals surface area contributed by atoms with E-state index in [4.69, 9.17) is 11.6 Å². The second-order valence-corrected chi connectivity index (χ2v) is 4.80. The fourth-order valence-electron chi connectivity index (χ4n) is 1.59. The second-order valence-electron chi connectivity index (χ2n) is 4.36. The van der Waals surface area contributed by atoms with Crippen LogP contribution < -0.4 is 5.32 Å². The van der Waals surface area contributed by atoms with Gasteiger partial charge in [-0.05, 0) is 31.0 Å². The maximum atomic E-state index is 12.1. The molecule has 0 spiro atoms. The van der Waals surface area contributed by atoms with Gasteiger partial charge in [0, 0.05) is 10.6 Å². The van der Waals surface area contributed by atoms with E-state index in [-0.39, 0.29) is 19.1 Å². The van der Waals surface area contributed by atoms with Crippen molar-refractivity contribution < 1.29 is 15.0 Å². The van der Waals surface area contributed by atoms with E-state index in [1.54, 1.807) is 32.0 Å². The third kappa shape index (κ3) is 3.22. The van der Waals surface area contributed by atoms with E-state index in [1.165, 1.54) is 0 Å². The molecule has 0 aliphatic rings. The van der Waals surface area contributed by atoms with E-state index < -0.39 is 5.54 Å². The molecule has 0 aliphatic carbocycles. The molecule has 4 nitrogen and oxygen atoms in total.